The lowest BCUT2D eigenvalue weighted by Crippen LogP contribution is -2.33. The fourth-order valence-electron chi connectivity index (χ4n) is 2.80. The van der Waals surface area contributed by atoms with Crippen LogP contribution >= 0.6 is 0 Å². The summed E-state index contributed by atoms with van der Waals surface area (Å²) in [6.45, 7) is 8.82. The van der Waals surface area contributed by atoms with E-state index in [0.29, 0.717) is 6.04 Å². The standard InChI is InChI=1S/C15H25N3/c1-3-18(4-2)10-9-17-15-11-14(16)12-7-5-6-8-13(12)15/h5-8,14-15,17H,3-4,9-11,16H2,1-2H3. The quantitative estimate of drug-likeness (QED) is 0.808. The first-order valence-corrected chi connectivity index (χ1v) is 7.06. The van der Waals surface area contributed by atoms with Crippen molar-refractivity contribution in [2.45, 2.75) is 32.4 Å². The Kier molecular flexibility index (Phi) is 4.75. The summed E-state index contributed by atoms with van der Waals surface area (Å²) in [5, 5.41) is 3.65. The van der Waals surface area contributed by atoms with Gasteiger partial charge in [-0.05, 0) is 30.6 Å². The lowest BCUT2D eigenvalue weighted by molar-refractivity contribution is 0.295. The maximum absolute atomic E-state index is 6.17. The van der Waals surface area contributed by atoms with Gasteiger partial charge < -0.3 is 16.0 Å². The smallest absolute Gasteiger partial charge is 0.0342 e. The average molecular weight is 247 g/mol. The average Bonchev–Trinajstić information content (AvgIpc) is 2.72. The molecule has 1 aromatic rings. The van der Waals surface area contributed by atoms with Gasteiger partial charge in [-0.3, -0.25) is 0 Å². The topological polar surface area (TPSA) is 41.3 Å². The maximum Gasteiger partial charge on any atom is 0.0342 e. The molecule has 0 aromatic heterocycles. The molecular formula is C15H25N3. The van der Waals surface area contributed by atoms with Gasteiger partial charge in [0, 0.05) is 25.2 Å². The van der Waals surface area contributed by atoms with Crippen LogP contribution in [-0.2, 0) is 0 Å². The van der Waals surface area contributed by atoms with Crippen LogP contribution in [-0.4, -0.2) is 31.1 Å². The van der Waals surface area contributed by atoms with Crippen LogP contribution in [0, 0.1) is 0 Å². The van der Waals surface area contributed by atoms with Crippen molar-refractivity contribution in [3.8, 4) is 0 Å². The molecule has 2 unspecified atom stereocenters. The predicted octanol–water partition coefficient (Wildman–Crippen LogP) is 2.06. The van der Waals surface area contributed by atoms with Crippen LogP contribution in [0.15, 0.2) is 24.3 Å². The third-order valence-electron chi connectivity index (χ3n) is 3.97. The third-order valence-corrected chi connectivity index (χ3v) is 3.97. The molecule has 1 aromatic carbocycles. The van der Waals surface area contributed by atoms with Crippen molar-refractivity contribution in [2.24, 2.45) is 5.73 Å². The minimum Gasteiger partial charge on any atom is -0.324 e. The van der Waals surface area contributed by atoms with E-state index >= 15 is 0 Å². The van der Waals surface area contributed by atoms with Gasteiger partial charge in [-0.2, -0.15) is 0 Å². The van der Waals surface area contributed by atoms with Crippen molar-refractivity contribution in [3.05, 3.63) is 35.4 Å². The normalized spacial score (nSPS) is 22.4. The van der Waals surface area contributed by atoms with Crippen LogP contribution in [0.5, 0.6) is 0 Å². The molecule has 18 heavy (non-hydrogen) atoms. The van der Waals surface area contributed by atoms with Crippen LogP contribution in [0.3, 0.4) is 0 Å². The van der Waals surface area contributed by atoms with Crippen LogP contribution < -0.4 is 11.1 Å². The molecule has 2 atom stereocenters. The van der Waals surface area contributed by atoms with Gasteiger partial charge >= 0.3 is 0 Å². The number of nitrogens with one attached hydrogen (secondary N) is 1. The predicted molar refractivity (Wildman–Crippen MR) is 76.5 cm³/mol. The van der Waals surface area contributed by atoms with Crippen molar-refractivity contribution >= 4 is 0 Å². The number of nitrogens with zero attached hydrogens (tertiary/aromatic N) is 1. The van der Waals surface area contributed by atoms with E-state index in [0.717, 1.165) is 32.6 Å². The van der Waals surface area contributed by atoms with Crippen LogP contribution in [0.2, 0.25) is 0 Å². The highest BCUT2D eigenvalue weighted by Gasteiger charge is 2.27. The molecule has 0 bridgehead atoms. The molecule has 3 heteroatoms. The van der Waals surface area contributed by atoms with Crippen LogP contribution in [0.25, 0.3) is 0 Å². The molecular weight excluding hydrogens is 222 g/mol. The minimum atomic E-state index is 0.201. The van der Waals surface area contributed by atoms with Gasteiger partial charge in [0.1, 0.15) is 0 Å². The number of likely N-dealkylation sites (N-methyl/N-ethyl adjacent to an activating group) is 1. The van der Waals surface area contributed by atoms with Gasteiger partial charge in [-0.25, -0.2) is 0 Å². The molecule has 1 aliphatic rings. The summed E-state index contributed by atoms with van der Waals surface area (Å²) < 4.78 is 0. The second-order valence-corrected chi connectivity index (χ2v) is 5.00. The monoisotopic (exact) mass is 247 g/mol. The number of nitrogens with two attached hydrogens (primary N) is 1. The Labute approximate surface area is 110 Å². The van der Waals surface area contributed by atoms with Crippen molar-refractivity contribution in [3.63, 3.8) is 0 Å². The lowest BCUT2D eigenvalue weighted by Gasteiger charge is -2.20. The van der Waals surface area contributed by atoms with E-state index < -0.39 is 0 Å². The molecule has 0 spiro atoms. The van der Waals surface area contributed by atoms with Gasteiger partial charge in [0.15, 0.2) is 0 Å². The summed E-state index contributed by atoms with van der Waals surface area (Å²) in [5.74, 6) is 0. The first-order valence-electron chi connectivity index (χ1n) is 7.06. The largest absolute Gasteiger partial charge is 0.324 e. The second-order valence-electron chi connectivity index (χ2n) is 5.00. The Balaban J connectivity index is 1.88. The second kappa shape index (κ2) is 6.32. The molecule has 0 aliphatic heterocycles. The van der Waals surface area contributed by atoms with E-state index in [-0.39, 0.29) is 6.04 Å². The van der Waals surface area contributed by atoms with Gasteiger partial charge in [-0.1, -0.05) is 38.1 Å². The van der Waals surface area contributed by atoms with Gasteiger partial charge in [0.25, 0.3) is 0 Å². The van der Waals surface area contributed by atoms with E-state index in [1.54, 1.807) is 0 Å². The molecule has 0 saturated carbocycles. The highest BCUT2D eigenvalue weighted by molar-refractivity contribution is 5.37. The Morgan fingerprint density at radius 1 is 1.22 bits per heavy atom. The molecule has 3 nitrogen and oxygen atoms in total. The van der Waals surface area contributed by atoms with Gasteiger partial charge in [-0.15, -0.1) is 0 Å². The van der Waals surface area contributed by atoms with Gasteiger partial charge in [0.2, 0.25) is 0 Å². The highest BCUT2D eigenvalue weighted by Crippen LogP contribution is 2.36. The van der Waals surface area contributed by atoms with Crippen LogP contribution in [0.1, 0.15) is 43.5 Å². The van der Waals surface area contributed by atoms with Crippen molar-refractivity contribution in [2.75, 3.05) is 26.2 Å². The summed E-state index contributed by atoms with van der Waals surface area (Å²) in [7, 11) is 0. The molecule has 0 saturated heterocycles. The fraction of sp³-hybridized carbons (Fsp3) is 0.600. The minimum absolute atomic E-state index is 0.201. The number of hydrogen-bond acceptors (Lipinski definition) is 3. The Morgan fingerprint density at radius 3 is 2.56 bits per heavy atom. The number of hydrogen-bond donors (Lipinski definition) is 2. The first kappa shape index (κ1) is 13.5. The zero-order valence-electron chi connectivity index (χ0n) is 11.5. The first-order chi connectivity index (χ1) is 8.76. The van der Waals surface area contributed by atoms with E-state index in [4.69, 9.17) is 5.73 Å². The third kappa shape index (κ3) is 2.91. The number of rotatable bonds is 6. The summed E-state index contributed by atoms with van der Waals surface area (Å²) in [4.78, 5) is 2.44. The molecule has 0 radical (unpaired) electrons. The molecule has 0 amide bonds. The molecule has 100 valence electrons. The Bertz CT molecular complexity index is 374. The summed E-state index contributed by atoms with van der Waals surface area (Å²) in [6.07, 6.45) is 1.03. The molecule has 2 rings (SSSR count). The van der Waals surface area contributed by atoms with E-state index in [2.05, 4.69) is 48.3 Å². The van der Waals surface area contributed by atoms with E-state index in [1.807, 2.05) is 0 Å². The Hall–Kier alpha value is -0.900. The Morgan fingerprint density at radius 2 is 1.89 bits per heavy atom. The van der Waals surface area contributed by atoms with E-state index in [1.165, 1.54) is 11.1 Å². The van der Waals surface area contributed by atoms with Crippen molar-refractivity contribution < 1.29 is 0 Å². The number of fused-ring (bicyclic) bond motifs is 1. The molecule has 0 heterocycles. The van der Waals surface area contributed by atoms with Gasteiger partial charge in [0.05, 0.1) is 0 Å². The van der Waals surface area contributed by atoms with E-state index in [9.17, 15) is 0 Å². The highest BCUT2D eigenvalue weighted by atomic mass is 15.1. The maximum atomic E-state index is 6.17. The molecule has 3 N–H and O–H groups in total. The zero-order chi connectivity index (χ0) is 13.0. The van der Waals surface area contributed by atoms with Crippen LogP contribution in [0.4, 0.5) is 0 Å². The number of benzene rings is 1. The molecule has 1 aliphatic carbocycles. The van der Waals surface area contributed by atoms with Crippen molar-refractivity contribution in [1.29, 1.82) is 0 Å². The zero-order valence-corrected chi connectivity index (χ0v) is 11.5. The fourth-order valence-corrected chi connectivity index (χ4v) is 2.80. The SMILES string of the molecule is CCN(CC)CCNC1CC(N)c2ccccc21. The summed E-state index contributed by atoms with van der Waals surface area (Å²) in [5.41, 5.74) is 8.88. The lowest BCUT2D eigenvalue weighted by atomic mass is 10.1. The van der Waals surface area contributed by atoms with Crippen molar-refractivity contribution in [1.82, 2.24) is 10.2 Å². The summed E-state index contributed by atoms with van der Waals surface area (Å²) in [6, 6.07) is 9.19. The molecule has 0 fully saturated rings. The summed E-state index contributed by atoms with van der Waals surface area (Å²) >= 11 is 0.